The third-order valence-corrected chi connectivity index (χ3v) is 4.29. The summed E-state index contributed by atoms with van der Waals surface area (Å²) in [4.78, 5) is 14.6. The number of aliphatic hydroxyl groups is 1. The van der Waals surface area contributed by atoms with Crippen molar-refractivity contribution in [3.8, 4) is 0 Å². The summed E-state index contributed by atoms with van der Waals surface area (Å²) in [6, 6.07) is 1.67. The maximum Gasteiger partial charge on any atom is 0.246 e. The Morgan fingerprint density at radius 2 is 2.00 bits per heavy atom. The molecule has 2 N–H and O–H groups in total. The molecule has 21 heavy (non-hydrogen) atoms. The molecule has 2 heterocycles. The van der Waals surface area contributed by atoms with E-state index in [0.29, 0.717) is 11.6 Å². The summed E-state index contributed by atoms with van der Waals surface area (Å²) in [6.07, 6.45) is 2.27. The second-order valence-corrected chi connectivity index (χ2v) is 6.83. The van der Waals surface area contributed by atoms with E-state index in [9.17, 15) is 9.90 Å². The second kappa shape index (κ2) is 5.77. The van der Waals surface area contributed by atoms with Crippen LogP contribution in [0.25, 0.3) is 0 Å². The molecule has 0 radical (unpaired) electrons. The Hall–Kier alpha value is -1.40. The molecule has 118 valence electrons. The van der Waals surface area contributed by atoms with Crippen molar-refractivity contribution in [3.05, 3.63) is 11.8 Å². The molecule has 0 aliphatic carbocycles. The van der Waals surface area contributed by atoms with E-state index >= 15 is 0 Å². The fraction of sp³-hybridized carbons (Fsp3) is 0.733. The third kappa shape index (κ3) is 3.27. The van der Waals surface area contributed by atoms with Gasteiger partial charge in [-0.25, -0.2) is 0 Å². The highest BCUT2D eigenvalue weighted by atomic mass is 16.5. The number of aliphatic hydroxyl groups excluding tert-OH is 1. The summed E-state index contributed by atoms with van der Waals surface area (Å²) in [5.74, 6) is 0.220. The van der Waals surface area contributed by atoms with E-state index in [0.717, 1.165) is 25.9 Å². The number of hydrogen-bond acceptors (Lipinski definition) is 5. The number of nitrogens with one attached hydrogen (secondary N) is 1. The smallest absolute Gasteiger partial charge is 0.246 e. The quantitative estimate of drug-likeness (QED) is 0.865. The Morgan fingerprint density at radius 1 is 1.38 bits per heavy atom. The number of carbonyl (C=O) groups is 1. The predicted molar refractivity (Wildman–Crippen MR) is 80.1 cm³/mol. The van der Waals surface area contributed by atoms with Crippen LogP contribution in [-0.4, -0.2) is 46.3 Å². The van der Waals surface area contributed by atoms with Gasteiger partial charge in [-0.1, -0.05) is 19.0 Å². The summed E-state index contributed by atoms with van der Waals surface area (Å²) < 4.78 is 5.17. The lowest BCUT2D eigenvalue weighted by atomic mass is 9.91. The molecule has 1 saturated heterocycles. The molecule has 1 aliphatic rings. The maximum atomic E-state index is 12.5. The number of nitrogens with zero attached hydrogens (tertiary/aromatic N) is 2. The van der Waals surface area contributed by atoms with Crippen molar-refractivity contribution in [2.45, 2.75) is 51.5 Å². The molecule has 1 aromatic rings. The van der Waals surface area contributed by atoms with Gasteiger partial charge in [-0.05, 0) is 39.8 Å². The molecular formula is C15H25N3O3. The lowest BCUT2D eigenvalue weighted by molar-refractivity contribution is -0.125. The van der Waals surface area contributed by atoms with E-state index in [2.05, 4.69) is 15.4 Å². The van der Waals surface area contributed by atoms with Crippen molar-refractivity contribution >= 4 is 11.8 Å². The maximum absolute atomic E-state index is 12.5. The Morgan fingerprint density at radius 3 is 2.57 bits per heavy atom. The zero-order chi connectivity index (χ0) is 15.7. The summed E-state index contributed by atoms with van der Waals surface area (Å²) in [5, 5.41) is 16.0. The zero-order valence-electron chi connectivity index (χ0n) is 13.3. The van der Waals surface area contributed by atoms with Crippen LogP contribution in [0.2, 0.25) is 0 Å². The summed E-state index contributed by atoms with van der Waals surface area (Å²) >= 11 is 0. The van der Waals surface area contributed by atoms with Crippen LogP contribution in [-0.2, 0) is 10.2 Å². The molecular weight excluding hydrogens is 270 g/mol. The summed E-state index contributed by atoms with van der Waals surface area (Å²) in [6.45, 7) is 9.42. The van der Waals surface area contributed by atoms with E-state index in [1.807, 2.05) is 27.7 Å². The van der Waals surface area contributed by atoms with Crippen LogP contribution in [0.5, 0.6) is 0 Å². The van der Waals surface area contributed by atoms with E-state index in [1.165, 1.54) is 0 Å². The Labute approximate surface area is 125 Å². The van der Waals surface area contributed by atoms with Crippen LogP contribution in [0.4, 0.5) is 5.88 Å². The molecule has 0 bridgehead atoms. The molecule has 0 atom stereocenters. The standard InChI is InChI=1S/C15H25N3O3/c1-14(2,10-19)11-9-12(21-17-11)16-13(20)15(3,4)18-7-5-6-8-18/h9,19H,5-8,10H2,1-4H3,(H,16,20). The number of rotatable bonds is 5. The fourth-order valence-electron chi connectivity index (χ4n) is 2.42. The van der Waals surface area contributed by atoms with Crippen LogP contribution in [0.3, 0.4) is 0 Å². The van der Waals surface area contributed by atoms with E-state index in [-0.39, 0.29) is 12.5 Å². The highest BCUT2D eigenvalue weighted by Crippen LogP contribution is 2.26. The van der Waals surface area contributed by atoms with Gasteiger partial charge in [0.15, 0.2) is 0 Å². The average molecular weight is 295 g/mol. The van der Waals surface area contributed by atoms with Crippen molar-refractivity contribution < 1.29 is 14.4 Å². The first-order valence-corrected chi connectivity index (χ1v) is 7.42. The summed E-state index contributed by atoms with van der Waals surface area (Å²) in [7, 11) is 0. The molecule has 1 amide bonds. The van der Waals surface area contributed by atoms with Crippen molar-refractivity contribution in [3.63, 3.8) is 0 Å². The third-order valence-electron chi connectivity index (χ3n) is 4.29. The van der Waals surface area contributed by atoms with Crippen LogP contribution >= 0.6 is 0 Å². The van der Waals surface area contributed by atoms with E-state index in [1.54, 1.807) is 6.07 Å². The largest absolute Gasteiger partial charge is 0.395 e. The minimum Gasteiger partial charge on any atom is -0.395 e. The molecule has 1 aromatic heterocycles. The van der Waals surface area contributed by atoms with Crippen LogP contribution in [0.15, 0.2) is 10.6 Å². The molecule has 0 saturated carbocycles. The molecule has 1 fully saturated rings. The van der Waals surface area contributed by atoms with Crippen LogP contribution in [0, 0.1) is 0 Å². The first-order chi connectivity index (χ1) is 9.77. The minimum atomic E-state index is -0.573. The number of hydrogen-bond donors (Lipinski definition) is 2. The van der Waals surface area contributed by atoms with Crippen LogP contribution in [0.1, 0.15) is 46.2 Å². The molecule has 0 spiro atoms. The van der Waals surface area contributed by atoms with Crippen molar-refractivity contribution in [1.29, 1.82) is 0 Å². The lowest BCUT2D eigenvalue weighted by Gasteiger charge is -2.33. The lowest BCUT2D eigenvalue weighted by Crippen LogP contribution is -2.51. The van der Waals surface area contributed by atoms with Gasteiger partial charge < -0.3 is 9.63 Å². The van der Waals surface area contributed by atoms with E-state index < -0.39 is 11.0 Å². The van der Waals surface area contributed by atoms with Gasteiger partial charge in [0.2, 0.25) is 11.8 Å². The highest BCUT2D eigenvalue weighted by molar-refractivity contribution is 5.96. The Balaban J connectivity index is 2.06. The SMILES string of the molecule is CC(C)(CO)c1cc(NC(=O)C(C)(C)N2CCCC2)on1. The zero-order valence-corrected chi connectivity index (χ0v) is 13.3. The van der Waals surface area contributed by atoms with Gasteiger partial charge in [-0.2, -0.15) is 0 Å². The predicted octanol–water partition coefficient (Wildman–Crippen LogP) is 1.76. The first kappa shape index (κ1) is 16.0. The van der Waals surface area contributed by atoms with Gasteiger partial charge in [-0.15, -0.1) is 0 Å². The van der Waals surface area contributed by atoms with Gasteiger partial charge in [0.25, 0.3) is 0 Å². The molecule has 0 aromatic carbocycles. The topological polar surface area (TPSA) is 78.6 Å². The molecule has 0 unspecified atom stereocenters. The Kier molecular flexibility index (Phi) is 4.39. The van der Waals surface area contributed by atoms with Crippen molar-refractivity contribution in [1.82, 2.24) is 10.1 Å². The number of aromatic nitrogens is 1. The van der Waals surface area contributed by atoms with Gasteiger partial charge in [0.05, 0.1) is 17.8 Å². The molecule has 6 heteroatoms. The van der Waals surface area contributed by atoms with E-state index in [4.69, 9.17) is 4.52 Å². The fourth-order valence-corrected chi connectivity index (χ4v) is 2.42. The normalized spacial score (nSPS) is 17.2. The number of anilines is 1. The molecule has 6 nitrogen and oxygen atoms in total. The number of carbonyl (C=O) groups excluding carboxylic acids is 1. The van der Waals surface area contributed by atoms with Gasteiger partial charge in [0, 0.05) is 11.5 Å². The summed E-state index contributed by atoms with van der Waals surface area (Å²) in [5.41, 5.74) is -0.438. The first-order valence-electron chi connectivity index (χ1n) is 7.42. The van der Waals surface area contributed by atoms with Gasteiger partial charge >= 0.3 is 0 Å². The Bertz CT molecular complexity index is 502. The van der Waals surface area contributed by atoms with Crippen molar-refractivity contribution in [2.75, 3.05) is 25.0 Å². The monoisotopic (exact) mass is 295 g/mol. The average Bonchev–Trinajstić information content (AvgIpc) is 3.10. The highest BCUT2D eigenvalue weighted by Gasteiger charge is 2.36. The minimum absolute atomic E-state index is 0.0355. The molecule has 1 aliphatic heterocycles. The van der Waals surface area contributed by atoms with Crippen LogP contribution < -0.4 is 5.32 Å². The number of amides is 1. The van der Waals surface area contributed by atoms with Gasteiger partial charge in [-0.3, -0.25) is 15.0 Å². The number of likely N-dealkylation sites (tertiary alicyclic amines) is 1. The van der Waals surface area contributed by atoms with Crippen molar-refractivity contribution in [2.24, 2.45) is 0 Å². The second-order valence-electron chi connectivity index (χ2n) is 6.83. The molecule has 2 rings (SSSR count). The van der Waals surface area contributed by atoms with Gasteiger partial charge in [0.1, 0.15) is 0 Å².